The van der Waals surface area contributed by atoms with Crippen LogP contribution in [0, 0.1) is 34.5 Å². The van der Waals surface area contributed by atoms with Crippen LogP contribution in [0.3, 0.4) is 0 Å². The lowest BCUT2D eigenvalue weighted by Gasteiger charge is -2.64. The third-order valence-electron chi connectivity index (χ3n) is 5.45. The van der Waals surface area contributed by atoms with Gasteiger partial charge < -0.3 is 5.11 Å². The summed E-state index contributed by atoms with van der Waals surface area (Å²) in [6, 6.07) is 2.21. The van der Waals surface area contributed by atoms with Crippen LogP contribution in [0.4, 0.5) is 0 Å². The van der Waals surface area contributed by atoms with Gasteiger partial charge in [0.1, 0.15) is 0 Å². The largest absolute Gasteiger partial charge is 0.388 e. The van der Waals surface area contributed by atoms with Crippen LogP contribution in [-0.4, -0.2) is 10.7 Å². The van der Waals surface area contributed by atoms with E-state index in [1.807, 2.05) is 0 Å². The number of rotatable bonds is 1. The van der Waals surface area contributed by atoms with E-state index in [4.69, 9.17) is 5.26 Å². The summed E-state index contributed by atoms with van der Waals surface area (Å²) in [6.45, 7) is 2.22. The molecule has 0 saturated heterocycles. The Morgan fingerprint density at radius 2 is 1.87 bits per heavy atom. The maximum Gasteiger partial charge on any atom is 0.0858 e. The number of aliphatic hydroxyl groups is 1. The predicted molar refractivity (Wildman–Crippen MR) is 56.8 cm³/mol. The summed E-state index contributed by atoms with van der Waals surface area (Å²) in [5, 5.41) is 19.7. The number of hydrogen-bond donors (Lipinski definition) is 1. The lowest BCUT2D eigenvalue weighted by molar-refractivity contribution is -0.218. The zero-order valence-corrected chi connectivity index (χ0v) is 9.37. The van der Waals surface area contributed by atoms with Gasteiger partial charge in [0.25, 0.3) is 0 Å². The summed E-state index contributed by atoms with van der Waals surface area (Å²) in [6.07, 6.45) is 6.37. The van der Waals surface area contributed by atoms with Gasteiger partial charge in [-0.15, -0.1) is 0 Å². The zero-order valence-electron chi connectivity index (χ0n) is 9.37. The minimum atomic E-state index is -0.671. The fraction of sp³-hybridized carbons (Fsp3) is 0.923. The minimum Gasteiger partial charge on any atom is -0.388 e. The van der Waals surface area contributed by atoms with Crippen molar-refractivity contribution in [3.05, 3.63) is 0 Å². The molecule has 0 amide bonds. The van der Waals surface area contributed by atoms with E-state index in [1.54, 1.807) is 0 Å². The lowest BCUT2D eigenvalue weighted by atomic mass is 9.43. The van der Waals surface area contributed by atoms with E-state index >= 15 is 0 Å². The monoisotopic (exact) mass is 205 g/mol. The van der Waals surface area contributed by atoms with E-state index in [0.29, 0.717) is 12.3 Å². The van der Waals surface area contributed by atoms with Crippen molar-refractivity contribution in [2.45, 2.75) is 51.0 Å². The molecule has 0 aromatic heterocycles. The Kier molecular flexibility index (Phi) is 1.78. The second-order valence-corrected chi connectivity index (χ2v) is 6.36. The maximum atomic E-state index is 10.8. The molecule has 2 heteroatoms. The first-order valence-electron chi connectivity index (χ1n) is 6.17. The molecule has 0 aromatic rings. The van der Waals surface area contributed by atoms with E-state index in [-0.39, 0.29) is 5.41 Å². The standard InChI is InChI=1S/C13H19NO/c1-12-7-9-4-10(8-12)6-11(5-9)13(12,15)2-3-14/h9-11,15H,2,4-8H2,1H3. The van der Waals surface area contributed by atoms with Crippen LogP contribution in [0.1, 0.15) is 45.4 Å². The van der Waals surface area contributed by atoms with Gasteiger partial charge in [-0.1, -0.05) is 6.92 Å². The molecule has 0 aromatic carbocycles. The van der Waals surface area contributed by atoms with Crippen molar-refractivity contribution in [3.8, 4) is 6.07 Å². The molecule has 15 heavy (non-hydrogen) atoms. The highest BCUT2D eigenvalue weighted by Crippen LogP contribution is 2.65. The number of nitriles is 1. The second kappa shape index (κ2) is 2.77. The molecule has 3 atom stereocenters. The SMILES string of the molecule is CC12CC3CC(CC(C3)C1(O)CC#N)C2. The maximum absolute atomic E-state index is 10.8. The van der Waals surface area contributed by atoms with Crippen LogP contribution in [0.25, 0.3) is 0 Å². The van der Waals surface area contributed by atoms with Crippen LogP contribution in [0.15, 0.2) is 0 Å². The topological polar surface area (TPSA) is 44.0 Å². The van der Waals surface area contributed by atoms with Crippen molar-refractivity contribution in [1.82, 2.24) is 0 Å². The smallest absolute Gasteiger partial charge is 0.0858 e. The summed E-state index contributed by atoms with van der Waals surface area (Å²) in [5.74, 6) is 2.09. The molecule has 0 aliphatic heterocycles. The second-order valence-electron chi connectivity index (χ2n) is 6.36. The summed E-state index contributed by atoms with van der Waals surface area (Å²) >= 11 is 0. The molecule has 82 valence electrons. The summed E-state index contributed by atoms with van der Waals surface area (Å²) in [5.41, 5.74) is -0.632. The van der Waals surface area contributed by atoms with Crippen molar-refractivity contribution in [1.29, 1.82) is 5.26 Å². The van der Waals surface area contributed by atoms with E-state index in [0.717, 1.165) is 24.7 Å². The van der Waals surface area contributed by atoms with Gasteiger partial charge in [-0.2, -0.15) is 5.26 Å². The summed E-state index contributed by atoms with van der Waals surface area (Å²) < 4.78 is 0. The first-order chi connectivity index (χ1) is 7.07. The molecule has 0 radical (unpaired) electrons. The highest BCUT2D eigenvalue weighted by atomic mass is 16.3. The molecule has 0 spiro atoms. The van der Waals surface area contributed by atoms with E-state index < -0.39 is 5.60 Å². The third-order valence-corrected chi connectivity index (χ3v) is 5.45. The van der Waals surface area contributed by atoms with Crippen molar-refractivity contribution in [2.24, 2.45) is 23.2 Å². The van der Waals surface area contributed by atoms with Crippen LogP contribution < -0.4 is 0 Å². The first-order valence-corrected chi connectivity index (χ1v) is 6.17. The van der Waals surface area contributed by atoms with Crippen LogP contribution in [0.5, 0.6) is 0 Å². The molecule has 3 unspecified atom stereocenters. The van der Waals surface area contributed by atoms with Crippen LogP contribution >= 0.6 is 0 Å². The van der Waals surface area contributed by atoms with E-state index in [9.17, 15) is 5.11 Å². The van der Waals surface area contributed by atoms with Gasteiger partial charge >= 0.3 is 0 Å². The molecule has 4 aliphatic rings. The Labute approximate surface area is 91.3 Å². The highest BCUT2D eigenvalue weighted by molar-refractivity contribution is 5.15. The van der Waals surface area contributed by atoms with Crippen molar-refractivity contribution in [2.75, 3.05) is 0 Å². The molecule has 4 saturated carbocycles. The Bertz CT molecular complexity index is 318. The molecular formula is C13H19NO. The Balaban J connectivity index is 2.00. The molecule has 4 bridgehead atoms. The van der Waals surface area contributed by atoms with Crippen LogP contribution in [-0.2, 0) is 0 Å². The van der Waals surface area contributed by atoms with Gasteiger partial charge in [-0.3, -0.25) is 0 Å². The highest BCUT2D eigenvalue weighted by Gasteiger charge is 2.62. The Morgan fingerprint density at radius 1 is 1.27 bits per heavy atom. The zero-order chi connectivity index (χ0) is 10.7. The molecular weight excluding hydrogens is 186 g/mol. The number of nitrogens with zero attached hydrogens (tertiary/aromatic N) is 1. The lowest BCUT2D eigenvalue weighted by Crippen LogP contribution is -2.63. The average molecular weight is 205 g/mol. The Hall–Kier alpha value is -0.550. The number of hydrogen-bond acceptors (Lipinski definition) is 2. The summed E-state index contributed by atoms with van der Waals surface area (Å²) in [7, 11) is 0. The fourth-order valence-electron chi connectivity index (χ4n) is 4.97. The fourth-order valence-corrected chi connectivity index (χ4v) is 4.97. The van der Waals surface area contributed by atoms with Crippen molar-refractivity contribution in [3.63, 3.8) is 0 Å². The van der Waals surface area contributed by atoms with E-state index in [2.05, 4.69) is 13.0 Å². The molecule has 4 rings (SSSR count). The van der Waals surface area contributed by atoms with Gasteiger partial charge in [0, 0.05) is 0 Å². The predicted octanol–water partition coefficient (Wildman–Crippen LogP) is 2.48. The molecule has 2 nitrogen and oxygen atoms in total. The molecule has 1 N–H and O–H groups in total. The van der Waals surface area contributed by atoms with Gasteiger partial charge in [0.05, 0.1) is 18.1 Å². The quantitative estimate of drug-likeness (QED) is 0.714. The van der Waals surface area contributed by atoms with Crippen molar-refractivity contribution < 1.29 is 5.11 Å². The Morgan fingerprint density at radius 3 is 2.33 bits per heavy atom. The first kappa shape index (κ1) is 9.66. The van der Waals surface area contributed by atoms with Gasteiger partial charge in [0.2, 0.25) is 0 Å². The van der Waals surface area contributed by atoms with Crippen LogP contribution in [0.2, 0.25) is 0 Å². The molecule has 0 heterocycles. The summed E-state index contributed by atoms with van der Waals surface area (Å²) in [4.78, 5) is 0. The van der Waals surface area contributed by atoms with Crippen molar-refractivity contribution >= 4 is 0 Å². The normalized spacial score (nSPS) is 56.7. The average Bonchev–Trinajstić information content (AvgIpc) is 2.13. The molecule has 4 aliphatic carbocycles. The third kappa shape index (κ3) is 1.08. The minimum absolute atomic E-state index is 0.0392. The van der Waals surface area contributed by atoms with Gasteiger partial charge in [-0.05, 0) is 55.3 Å². The van der Waals surface area contributed by atoms with Gasteiger partial charge in [0.15, 0.2) is 0 Å². The van der Waals surface area contributed by atoms with Gasteiger partial charge in [-0.25, -0.2) is 0 Å². The van der Waals surface area contributed by atoms with E-state index in [1.165, 1.54) is 19.3 Å². The molecule has 4 fully saturated rings.